The molecule has 0 aliphatic heterocycles. The molecule has 0 spiro atoms. The van der Waals surface area contributed by atoms with E-state index in [0.717, 1.165) is 11.8 Å². The van der Waals surface area contributed by atoms with Crippen molar-refractivity contribution in [1.29, 1.82) is 5.41 Å². The molecule has 3 atom stereocenters. The number of amidine groups is 1. The zero-order chi connectivity index (χ0) is 7.84. The van der Waals surface area contributed by atoms with Crippen LogP contribution < -0.4 is 5.73 Å². The summed E-state index contributed by atoms with van der Waals surface area (Å²) in [5.41, 5.74) is 5.35. The molecule has 3 N–H and O–H groups in total. The van der Waals surface area contributed by atoms with Gasteiger partial charge < -0.3 is 5.73 Å². The van der Waals surface area contributed by atoms with E-state index in [1.807, 2.05) is 0 Å². The van der Waals surface area contributed by atoms with Crippen LogP contribution in [0.15, 0.2) is 0 Å². The summed E-state index contributed by atoms with van der Waals surface area (Å²) >= 11 is 1.59. The number of hydrogen-bond acceptors (Lipinski definition) is 2. The minimum atomic E-state index is 0.308. The average molecular weight is 170 g/mol. The van der Waals surface area contributed by atoms with Crippen LogP contribution in [0.2, 0.25) is 0 Å². The van der Waals surface area contributed by atoms with Gasteiger partial charge in [0.25, 0.3) is 0 Å². The second-order valence-corrected chi connectivity index (χ2v) is 4.98. The molecule has 0 aromatic rings. The molecule has 2 bridgehead atoms. The predicted octanol–water partition coefficient (Wildman–Crippen LogP) is 1.80. The van der Waals surface area contributed by atoms with E-state index in [1.54, 1.807) is 11.8 Å². The van der Waals surface area contributed by atoms with Gasteiger partial charge in [0.1, 0.15) is 0 Å². The molecule has 0 amide bonds. The summed E-state index contributed by atoms with van der Waals surface area (Å²) in [7, 11) is 0. The van der Waals surface area contributed by atoms with E-state index in [4.69, 9.17) is 11.1 Å². The molecule has 11 heavy (non-hydrogen) atoms. The van der Waals surface area contributed by atoms with Crippen LogP contribution in [0.25, 0.3) is 0 Å². The molecule has 2 aliphatic carbocycles. The number of nitrogens with two attached hydrogens (primary N) is 1. The normalized spacial score (nSPS) is 41.3. The Morgan fingerprint density at radius 2 is 2.18 bits per heavy atom. The Bertz CT molecular complexity index is 181. The summed E-state index contributed by atoms with van der Waals surface area (Å²) in [5.74, 6) is 1.85. The first-order chi connectivity index (χ1) is 5.25. The largest absolute Gasteiger partial charge is 0.379 e. The Kier molecular flexibility index (Phi) is 1.83. The zero-order valence-electron chi connectivity index (χ0n) is 6.55. The van der Waals surface area contributed by atoms with Crippen LogP contribution in [0.4, 0.5) is 0 Å². The first-order valence-electron chi connectivity index (χ1n) is 4.26. The van der Waals surface area contributed by atoms with Crippen LogP contribution >= 0.6 is 11.8 Å². The molecule has 2 rings (SSSR count). The molecular weight excluding hydrogens is 156 g/mol. The van der Waals surface area contributed by atoms with Crippen LogP contribution in [0.5, 0.6) is 0 Å². The monoisotopic (exact) mass is 170 g/mol. The van der Waals surface area contributed by atoms with Gasteiger partial charge in [-0.1, -0.05) is 18.2 Å². The quantitative estimate of drug-likeness (QED) is 0.465. The van der Waals surface area contributed by atoms with Crippen molar-refractivity contribution < 1.29 is 0 Å². The third-order valence-corrected chi connectivity index (χ3v) is 4.09. The molecule has 62 valence electrons. The SMILES string of the molecule is N=C(N)SC1CC2CCC1C2. The molecule has 3 unspecified atom stereocenters. The summed E-state index contributed by atoms with van der Waals surface area (Å²) in [6.45, 7) is 0. The highest BCUT2D eigenvalue weighted by Gasteiger charge is 2.39. The summed E-state index contributed by atoms with van der Waals surface area (Å²) < 4.78 is 0. The van der Waals surface area contributed by atoms with E-state index < -0.39 is 0 Å². The maximum Gasteiger partial charge on any atom is 0.151 e. The smallest absolute Gasteiger partial charge is 0.151 e. The number of hydrogen-bond donors (Lipinski definition) is 2. The zero-order valence-corrected chi connectivity index (χ0v) is 7.36. The molecule has 3 heteroatoms. The van der Waals surface area contributed by atoms with Gasteiger partial charge in [-0.2, -0.15) is 0 Å². The van der Waals surface area contributed by atoms with Crippen molar-refractivity contribution in [2.24, 2.45) is 17.6 Å². The number of rotatable bonds is 1. The topological polar surface area (TPSA) is 49.9 Å². The van der Waals surface area contributed by atoms with E-state index in [0.29, 0.717) is 10.4 Å². The maximum atomic E-state index is 7.18. The second kappa shape index (κ2) is 2.70. The Morgan fingerprint density at radius 1 is 1.36 bits per heavy atom. The van der Waals surface area contributed by atoms with E-state index in [1.165, 1.54) is 25.7 Å². The summed E-state index contributed by atoms with van der Waals surface area (Å²) in [6, 6.07) is 0. The van der Waals surface area contributed by atoms with Gasteiger partial charge in [0, 0.05) is 5.25 Å². The van der Waals surface area contributed by atoms with Gasteiger partial charge in [-0.15, -0.1) is 0 Å². The highest BCUT2D eigenvalue weighted by Crippen LogP contribution is 2.49. The van der Waals surface area contributed by atoms with Crippen molar-refractivity contribution in [3.05, 3.63) is 0 Å². The molecule has 0 radical (unpaired) electrons. The Labute approximate surface area is 71.4 Å². The molecule has 2 fully saturated rings. The number of nitrogens with one attached hydrogen (secondary N) is 1. The highest BCUT2D eigenvalue weighted by atomic mass is 32.2. The van der Waals surface area contributed by atoms with Gasteiger partial charge in [-0.25, -0.2) is 0 Å². The second-order valence-electron chi connectivity index (χ2n) is 3.70. The van der Waals surface area contributed by atoms with E-state index >= 15 is 0 Å². The van der Waals surface area contributed by atoms with Crippen LogP contribution in [0.3, 0.4) is 0 Å². The van der Waals surface area contributed by atoms with Crippen LogP contribution in [0.1, 0.15) is 25.7 Å². The third kappa shape index (κ3) is 1.39. The Hall–Kier alpha value is -0.180. The number of thioether (sulfide) groups is 1. The maximum absolute atomic E-state index is 7.18. The first kappa shape index (κ1) is 7.47. The van der Waals surface area contributed by atoms with Gasteiger partial charge in [0.2, 0.25) is 0 Å². The molecule has 2 nitrogen and oxygen atoms in total. The molecule has 0 heterocycles. The van der Waals surface area contributed by atoms with Gasteiger partial charge in [0.05, 0.1) is 0 Å². The first-order valence-corrected chi connectivity index (χ1v) is 5.14. The standard InChI is InChI=1S/C8H14N2S/c9-8(10)11-7-4-5-1-2-6(7)3-5/h5-7H,1-4H2,(H3,9,10). The molecule has 0 aromatic carbocycles. The lowest BCUT2D eigenvalue weighted by Gasteiger charge is -2.19. The van der Waals surface area contributed by atoms with Crippen molar-refractivity contribution in [3.63, 3.8) is 0 Å². The van der Waals surface area contributed by atoms with Gasteiger partial charge >= 0.3 is 0 Å². The molecule has 0 saturated heterocycles. The van der Waals surface area contributed by atoms with Gasteiger partial charge in [-0.05, 0) is 31.1 Å². The van der Waals surface area contributed by atoms with Crippen molar-refractivity contribution in [2.45, 2.75) is 30.9 Å². The number of fused-ring (bicyclic) bond motifs is 2. The minimum absolute atomic E-state index is 0.308. The molecular formula is C8H14N2S. The van der Waals surface area contributed by atoms with E-state index in [9.17, 15) is 0 Å². The van der Waals surface area contributed by atoms with Crippen LogP contribution in [-0.4, -0.2) is 10.4 Å². The van der Waals surface area contributed by atoms with Crippen LogP contribution in [0, 0.1) is 17.2 Å². The third-order valence-electron chi connectivity index (χ3n) is 2.95. The lowest BCUT2D eigenvalue weighted by molar-refractivity contribution is 0.493. The molecule has 2 saturated carbocycles. The van der Waals surface area contributed by atoms with E-state index in [2.05, 4.69) is 0 Å². The summed E-state index contributed by atoms with van der Waals surface area (Å²) in [6.07, 6.45) is 5.54. The van der Waals surface area contributed by atoms with Crippen molar-refractivity contribution in [1.82, 2.24) is 0 Å². The lowest BCUT2D eigenvalue weighted by atomic mass is 10.0. The van der Waals surface area contributed by atoms with Crippen molar-refractivity contribution in [3.8, 4) is 0 Å². The summed E-state index contributed by atoms with van der Waals surface area (Å²) in [4.78, 5) is 0. The fraction of sp³-hybridized carbons (Fsp3) is 0.875. The minimum Gasteiger partial charge on any atom is -0.379 e. The van der Waals surface area contributed by atoms with Gasteiger partial charge in [0.15, 0.2) is 5.17 Å². The average Bonchev–Trinajstić information content (AvgIpc) is 2.45. The molecule has 0 aromatic heterocycles. The molecule has 2 aliphatic rings. The van der Waals surface area contributed by atoms with Crippen LogP contribution in [-0.2, 0) is 0 Å². The van der Waals surface area contributed by atoms with E-state index in [-0.39, 0.29) is 0 Å². The van der Waals surface area contributed by atoms with Crippen molar-refractivity contribution >= 4 is 16.9 Å². The van der Waals surface area contributed by atoms with Crippen molar-refractivity contribution in [2.75, 3.05) is 0 Å². The summed E-state index contributed by atoms with van der Waals surface area (Å²) in [5, 5.41) is 8.17. The fourth-order valence-corrected chi connectivity index (χ4v) is 3.63. The van der Waals surface area contributed by atoms with Gasteiger partial charge in [-0.3, -0.25) is 5.41 Å². The highest BCUT2D eigenvalue weighted by molar-refractivity contribution is 8.14. The Morgan fingerprint density at radius 3 is 2.64 bits per heavy atom. The predicted molar refractivity (Wildman–Crippen MR) is 48.7 cm³/mol. The fourth-order valence-electron chi connectivity index (χ4n) is 2.49. The Balaban J connectivity index is 1.92. The lowest BCUT2D eigenvalue weighted by Crippen LogP contribution is -2.18.